The number of aliphatic imine (C=N–C) groups is 1. The molecule has 0 amide bonds. The maximum Gasteiger partial charge on any atom is 0.152 e. The third kappa shape index (κ3) is 3.12. The van der Waals surface area contributed by atoms with Gasteiger partial charge in [0.15, 0.2) is 5.84 Å². The minimum absolute atomic E-state index is 0.786. The second kappa shape index (κ2) is 5.84. The highest BCUT2D eigenvalue weighted by Crippen LogP contribution is 2.18. The van der Waals surface area contributed by atoms with Crippen LogP contribution in [0.25, 0.3) is 0 Å². The zero-order valence-corrected chi connectivity index (χ0v) is 10.9. The number of hydrogen-bond donors (Lipinski definition) is 0. The van der Waals surface area contributed by atoms with Crippen molar-refractivity contribution in [2.75, 3.05) is 37.9 Å². The van der Waals surface area contributed by atoms with Crippen molar-refractivity contribution in [1.29, 1.82) is 0 Å². The fraction of sp³-hybridized carbons (Fsp3) is 0.429. The number of anilines is 1. The lowest BCUT2D eigenvalue weighted by Crippen LogP contribution is -2.35. The number of morpholine rings is 1. The summed E-state index contributed by atoms with van der Waals surface area (Å²) in [5.41, 5.74) is 1.12. The standard InChI is InChI=1S/C14H18N4O/c1-2-4-13(5-3-1)18-7-6-14(16-18)15-12-17-8-10-19-11-9-17/h1-5,12H,6-11H2. The van der Waals surface area contributed by atoms with Gasteiger partial charge in [-0.1, -0.05) is 18.2 Å². The maximum absolute atomic E-state index is 5.30. The fourth-order valence-electron chi connectivity index (χ4n) is 2.16. The third-order valence-electron chi connectivity index (χ3n) is 3.25. The topological polar surface area (TPSA) is 40.4 Å². The van der Waals surface area contributed by atoms with E-state index < -0.39 is 0 Å². The number of hydrogen-bond acceptors (Lipinski definition) is 4. The first-order chi connectivity index (χ1) is 9.42. The molecule has 5 nitrogen and oxygen atoms in total. The molecule has 0 radical (unpaired) electrons. The smallest absolute Gasteiger partial charge is 0.152 e. The van der Waals surface area contributed by atoms with Gasteiger partial charge in [0.05, 0.1) is 25.2 Å². The lowest BCUT2D eigenvalue weighted by molar-refractivity contribution is 0.0701. The Labute approximate surface area is 113 Å². The summed E-state index contributed by atoms with van der Waals surface area (Å²) in [5, 5.41) is 6.54. The van der Waals surface area contributed by atoms with Gasteiger partial charge in [0.2, 0.25) is 0 Å². The number of ether oxygens (including phenoxy) is 1. The summed E-state index contributed by atoms with van der Waals surface area (Å²) >= 11 is 0. The van der Waals surface area contributed by atoms with Crippen LogP contribution in [0.2, 0.25) is 0 Å². The molecule has 2 aliphatic rings. The van der Waals surface area contributed by atoms with Crippen molar-refractivity contribution in [3.8, 4) is 0 Å². The molecule has 3 rings (SSSR count). The Balaban J connectivity index is 1.61. The van der Waals surface area contributed by atoms with Crippen molar-refractivity contribution in [3.63, 3.8) is 0 Å². The van der Waals surface area contributed by atoms with Gasteiger partial charge in [0, 0.05) is 26.1 Å². The van der Waals surface area contributed by atoms with E-state index in [4.69, 9.17) is 4.74 Å². The summed E-state index contributed by atoms with van der Waals surface area (Å²) in [5.74, 6) is 0.898. The molecule has 5 heteroatoms. The van der Waals surface area contributed by atoms with Gasteiger partial charge in [-0.25, -0.2) is 4.99 Å². The molecule has 0 aromatic heterocycles. The molecule has 100 valence electrons. The first-order valence-corrected chi connectivity index (χ1v) is 6.68. The molecule has 1 aromatic rings. The average molecular weight is 258 g/mol. The van der Waals surface area contributed by atoms with Crippen molar-refractivity contribution >= 4 is 17.9 Å². The Hall–Kier alpha value is -1.88. The highest BCUT2D eigenvalue weighted by Gasteiger charge is 2.15. The molecule has 2 heterocycles. The Morgan fingerprint density at radius 2 is 1.89 bits per heavy atom. The summed E-state index contributed by atoms with van der Waals surface area (Å²) < 4.78 is 5.30. The van der Waals surface area contributed by atoms with Gasteiger partial charge in [-0.2, -0.15) is 5.10 Å². The van der Waals surface area contributed by atoms with E-state index in [1.165, 1.54) is 0 Å². The van der Waals surface area contributed by atoms with Crippen molar-refractivity contribution in [1.82, 2.24) is 4.90 Å². The van der Waals surface area contributed by atoms with Crippen LogP contribution in [-0.2, 0) is 4.74 Å². The highest BCUT2D eigenvalue weighted by atomic mass is 16.5. The van der Waals surface area contributed by atoms with E-state index in [0.717, 1.165) is 50.8 Å². The van der Waals surface area contributed by atoms with Crippen LogP contribution in [-0.4, -0.2) is 49.9 Å². The molecule has 19 heavy (non-hydrogen) atoms. The van der Waals surface area contributed by atoms with E-state index in [9.17, 15) is 0 Å². The Kier molecular flexibility index (Phi) is 3.74. The molecular weight excluding hydrogens is 240 g/mol. The van der Waals surface area contributed by atoms with Crippen LogP contribution in [0.5, 0.6) is 0 Å². The van der Waals surface area contributed by atoms with Gasteiger partial charge >= 0.3 is 0 Å². The number of hydrazone groups is 1. The monoisotopic (exact) mass is 258 g/mol. The largest absolute Gasteiger partial charge is 0.378 e. The number of para-hydroxylation sites is 1. The Morgan fingerprint density at radius 3 is 2.68 bits per heavy atom. The van der Waals surface area contributed by atoms with Crippen LogP contribution >= 0.6 is 0 Å². The predicted molar refractivity (Wildman–Crippen MR) is 76.7 cm³/mol. The molecule has 0 spiro atoms. The molecule has 0 N–H and O–H groups in total. The fourth-order valence-corrected chi connectivity index (χ4v) is 2.16. The second-order valence-electron chi connectivity index (χ2n) is 4.62. The first kappa shape index (κ1) is 12.2. The number of amidine groups is 1. The molecular formula is C14H18N4O. The zero-order valence-electron chi connectivity index (χ0n) is 10.9. The number of rotatable bonds is 2. The summed E-state index contributed by atoms with van der Waals surface area (Å²) in [6.07, 6.45) is 2.80. The van der Waals surface area contributed by atoms with Gasteiger partial charge in [0.1, 0.15) is 0 Å². The lowest BCUT2D eigenvalue weighted by atomic mass is 10.3. The highest BCUT2D eigenvalue weighted by molar-refractivity contribution is 5.91. The number of nitrogens with zero attached hydrogens (tertiary/aromatic N) is 4. The van der Waals surface area contributed by atoms with E-state index in [1.54, 1.807) is 0 Å². The summed E-state index contributed by atoms with van der Waals surface area (Å²) in [6, 6.07) is 10.2. The van der Waals surface area contributed by atoms with E-state index in [0.29, 0.717) is 0 Å². The SMILES string of the molecule is C(=NC1=NN(c2ccccc2)CC1)N1CCOCC1. The minimum Gasteiger partial charge on any atom is -0.378 e. The predicted octanol–water partition coefficient (Wildman–Crippen LogP) is 1.57. The number of benzene rings is 1. The van der Waals surface area contributed by atoms with Crippen molar-refractivity contribution in [3.05, 3.63) is 30.3 Å². The molecule has 0 saturated carbocycles. The zero-order chi connectivity index (χ0) is 12.9. The van der Waals surface area contributed by atoms with Crippen LogP contribution < -0.4 is 5.01 Å². The third-order valence-corrected chi connectivity index (χ3v) is 3.25. The molecule has 1 saturated heterocycles. The van der Waals surface area contributed by atoms with E-state index in [-0.39, 0.29) is 0 Å². The maximum atomic E-state index is 5.30. The van der Waals surface area contributed by atoms with Crippen molar-refractivity contribution < 1.29 is 4.74 Å². The molecule has 0 unspecified atom stereocenters. The van der Waals surface area contributed by atoms with Crippen LogP contribution in [0.4, 0.5) is 5.69 Å². The minimum atomic E-state index is 0.786. The second-order valence-corrected chi connectivity index (χ2v) is 4.62. The Morgan fingerprint density at radius 1 is 1.11 bits per heavy atom. The molecule has 1 fully saturated rings. The summed E-state index contributed by atoms with van der Waals surface area (Å²) in [4.78, 5) is 6.65. The Bertz CT molecular complexity index is 466. The molecule has 0 aliphatic carbocycles. The first-order valence-electron chi connectivity index (χ1n) is 6.68. The van der Waals surface area contributed by atoms with E-state index in [2.05, 4.69) is 27.1 Å². The molecule has 0 atom stereocenters. The lowest BCUT2D eigenvalue weighted by Gasteiger charge is -2.23. The van der Waals surface area contributed by atoms with Gasteiger partial charge in [-0.05, 0) is 12.1 Å². The van der Waals surface area contributed by atoms with Gasteiger partial charge in [0.25, 0.3) is 0 Å². The van der Waals surface area contributed by atoms with E-state index in [1.807, 2.05) is 29.5 Å². The van der Waals surface area contributed by atoms with Crippen LogP contribution in [0.1, 0.15) is 6.42 Å². The van der Waals surface area contributed by atoms with E-state index >= 15 is 0 Å². The van der Waals surface area contributed by atoms with Crippen LogP contribution in [0.3, 0.4) is 0 Å². The average Bonchev–Trinajstić information content (AvgIpc) is 2.96. The normalized spacial score (nSPS) is 20.1. The van der Waals surface area contributed by atoms with Crippen molar-refractivity contribution in [2.24, 2.45) is 10.1 Å². The quantitative estimate of drug-likeness (QED) is 0.597. The molecule has 2 aliphatic heterocycles. The van der Waals surface area contributed by atoms with Gasteiger partial charge in [-0.3, -0.25) is 5.01 Å². The van der Waals surface area contributed by atoms with Crippen molar-refractivity contribution in [2.45, 2.75) is 6.42 Å². The van der Waals surface area contributed by atoms with Gasteiger partial charge in [-0.15, -0.1) is 0 Å². The van der Waals surface area contributed by atoms with Crippen LogP contribution in [0, 0.1) is 0 Å². The molecule has 0 bridgehead atoms. The summed E-state index contributed by atoms with van der Waals surface area (Å²) in [6.45, 7) is 4.31. The molecule has 1 aromatic carbocycles. The van der Waals surface area contributed by atoms with Gasteiger partial charge < -0.3 is 9.64 Å². The van der Waals surface area contributed by atoms with Crippen LogP contribution in [0.15, 0.2) is 40.4 Å². The summed E-state index contributed by atoms with van der Waals surface area (Å²) in [7, 11) is 0.